The molecule has 0 fully saturated rings. The molecule has 1 aromatic heterocycles. The number of carbonyl (C=O) groups excluding carboxylic acids is 2. The molecular formula is C27H19FN4O4. The van der Waals surface area contributed by atoms with Gasteiger partial charge in [-0.15, -0.1) is 0 Å². The number of nitrogens with one attached hydrogen (secondary N) is 2. The zero-order valence-electron chi connectivity index (χ0n) is 18.7. The lowest BCUT2D eigenvalue weighted by atomic mass is 10.1. The molecule has 8 nitrogen and oxygen atoms in total. The molecule has 0 aliphatic rings. The summed E-state index contributed by atoms with van der Waals surface area (Å²) in [4.78, 5) is 36.5. The number of aromatic nitrogens is 1. The Kier molecular flexibility index (Phi) is 6.88. The Morgan fingerprint density at radius 1 is 0.972 bits per heavy atom. The zero-order valence-corrected chi connectivity index (χ0v) is 18.7. The zero-order chi connectivity index (χ0) is 25.7. The van der Waals surface area contributed by atoms with E-state index in [2.05, 4.69) is 10.6 Å². The molecule has 4 aromatic rings. The Morgan fingerprint density at radius 3 is 2.44 bits per heavy atom. The standard InChI is InChI=1S/C27H19FN4O4/c28-20-8-10-21(11-9-20)30-25(33)16-32-15-19(23-6-1-2-7-24(23)32)12-18(14-29)26(34)31-22-5-3-4-17(13-22)27(35)36/h1-13,15H,16H2,(H,30,33)(H,31,34)(H,35,36). The van der Waals surface area contributed by atoms with Gasteiger partial charge in [-0.2, -0.15) is 5.26 Å². The number of amides is 2. The van der Waals surface area contributed by atoms with Crippen molar-refractivity contribution >= 4 is 46.1 Å². The van der Waals surface area contributed by atoms with Crippen molar-refractivity contribution in [3.05, 3.63) is 102 Å². The van der Waals surface area contributed by atoms with Crippen molar-refractivity contribution in [2.75, 3.05) is 10.6 Å². The van der Waals surface area contributed by atoms with Crippen molar-refractivity contribution in [1.29, 1.82) is 5.26 Å². The number of hydrogen-bond donors (Lipinski definition) is 3. The van der Waals surface area contributed by atoms with Crippen molar-refractivity contribution in [1.82, 2.24) is 4.57 Å². The molecule has 0 aliphatic carbocycles. The maximum Gasteiger partial charge on any atom is 0.335 e. The number of halogens is 1. The molecule has 0 radical (unpaired) electrons. The first-order valence-corrected chi connectivity index (χ1v) is 10.7. The van der Waals surface area contributed by atoms with Gasteiger partial charge in [0, 0.05) is 34.0 Å². The van der Waals surface area contributed by atoms with Gasteiger partial charge in [-0.05, 0) is 54.6 Å². The molecule has 2 amide bonds. The molecule has 0 spiro atoms. The summed E-state index contributed by atoms with van der Waals surface area (Å²) in [6.45, 7) is -0.0538. The number of nitrogens with zero attached hydrogens (tertiary/aromatic N) is 2. The van der Waals surface area contributed by atoms with Gasteiger partial charge >= 0.3 is 5.97 Å². The third kappa shape index (κ3) is 5.46. The molecule has 9 heteroatoms. The lowest BCUT2D eigenvalue weighted by molar-refractivity contribution is -0.116. The van der Waals surface area contributed by atoms with Gasteiger partial charge < -0.3 is 20.3 Å². The summed E-state index contributed by atoms with van der Waals surface area (Å²) < 4.78 is 14.8. The van der Waals surface area contributed by atoms with Crippen LogP contribution in [0.5, 0.6) is 0 Å². The van der Waals surface area contributed by atoms with E-state index in [0.29, 0.717) is 16.8 Å². The summed E-state index contributed by atoms with van der Waals surface area (Å²) in [6.07, 6.45) is 3.07. The van der Waals surface area contributed by atoms with E-state index in [-0.39, 0.29) is 29.3 Å². The Hall–Kier alpha value is -5.23. The van der Waals surface area contributed by atoms with E-state index < -0.39 is 17.7 Å². The second-order valence-corrected chi connectivity index (χ2v) is 7.79. The van der Waals surface area contributed by atoms with Gasteiger partial charge in [0.25, 0.3) is 5.91 Å². The predicted molar refractivity (Wildman–Crippen MR) is 133 cm³/mol. The van der Waals surface area contributed by atoms with Gasteiger partial charge in [-0.3, -0.25) is 9.59 Å². The Bertz CT molecular complexity index is 1550. The van der Waals surface area contributed by atoms with Gasteiger partial charge in [-0.1, -0.05) is 24.3 Å². The summed E-state index contributed by atoms with van der Waals surface area (Å²) in [7, 11) is 0. The molecule has 0 saturated carbocycles. The van der Waals surface area contributed by atoms with Gasteiger partial charge in [0.05, 0.1) is 5.56 Å². The number of carboxylic acids is 1. The summed E-state index contributed by atoms with van der Waals surface area (Å²) in [5.74, 6) is -2.59. The summed E-state index contributed by atoms with van der Waals surface area (Å²) in [5.41, 5.74) is 1.75. The molecule has 0 unspecified atom stereocenters. The Balaban J connectivity index is 1.59. The summed E-state index contributed by atoms with van der Waals surface area (Å²) >= 11 is 0. The molecule has 0 bridgehead atoms. The normalized spacial score (nSPS) is 11.1. The van der Waals surface area contributed by atoms with E-state index in [9.17, 15) is 24.0 Å². The summed E-state index contributed by atoms with van der Waals surface area (Å²) in [6, 6.07) is 20.2. The summed E-state index contributed by atoms with van der Waals surface area (Å²) in [5, 5.41) is 24.7. The largest absolute Gasteiger partial charge is 0.478 e. The molecule has 178 valence electrons. The minimum Gasteiger partial charge on any atom is -0.478 e. The maximum absolute atomic E-state index is 13.1. The smallest absolute Gasteiger partial charge is 0.335 e. The van der Waals surface area contributed by atoms with E-state index in [0.717, 1.165) is 5.39 Å². The van der Waals surface area contributed by atoms with Crippen molar-refractivity contribution in [2.45, 2.75) is 6.54 Å². The van der Waals surface area contributed by atoms with E-state index in [4.69, 9.17) is 5.11 Å². The van der Waals surface area contributed by atoms with E-state index in [1.165, 1.54) is 54.6 Å². The van der Waals surface area contributed by atoms with Crippen molar-refractivity contribution in [3.63, 3.8) is 0 Å². The van der Waals surface area contributed by atoms with Crippen molar-refractivity contribution < 1.29 is 23.9 Å². The molecular weight excluding hydrogens is 463 g/mol. The number of rotatable bonds is 7. The fourth-order valence-electron chi connectivity index (χ4n) is 3.64. The maximum atomic E-state index is 13.1. The monoisotopic (exact) mass is 482 g/mol. The van der Waals surface area contributed by atoms with Gasteiger partial charge in [-0.25, -0.2) is 9.18 Å². The number of nitriles is 1. The quantitative estimate of drug-likeness (QED) is 0.261. The molecule has 3 aromatic carbocycles. The van der Waals surface area contributed by atoms with E-state index in [1.54, 1.807) is 35.0 Å². The van der Waals surface area contributed by atoms with Crippen molar-refractivity contribution in [2.24, 2.45) is 0 Å². The second-order valence-electron chi connectivity index (χ2n) is 7.79. The van der Waals surface area contributed by atoms with Crippen LogP contribution < -0.4 is 10.6 Å². The van der Waals surface area contributed by atoms with Crippen LogP contribution in [0.3, 0.4) is 0 Å². The highest BCUT2D eigenvalue weighted by Gasteiger charge is 2.15. The third-order valence-electron chi connectivity index (χ3n) is 5.29. The van der Waals surface area contributed by atoms with Crippen LogP contribution in [0.4, 0.5) is 15.8 Å². The lowest BCUT2D eigenvalue weighted by Gasteiger charge is -2.07. The van der Waals surface area contributed by atoms with Crippen LogP contribution in [-0.2, 0) is 16.1 Å². The number of carbonyl (C=O) groups is 3. The number of para-hydroxylation sites is 1. The molecule has 1 heterocycles. The lowest BCUT2D eigenvalue weighted by Crippen LogP contribution is -2.18. The van der Waals surface area contributed by atoms with Crippen LogP contribution in [-0.4, -0.2) is 27.5 Å². The average Bonchev–Trinajstić information content (AvgIpc) is 3.21. The molecule has 3 N–H and O–H groups in total. The highest BCUT2D eigenvalue weighted by Crippen LogP contribution is 2.24. The molecule has 36 heavy (non-hydrogen) atoms. The van der Waals surface area contributed by atoms with Crippen LogP contribution in [0.25, 0.3) is 17.0 Å². The van der Waals surface area contributed by atoms with Crippen LogP contribution in [0.1, 0.15) is 15.9 Å². The number of anilines is 2. The highest BCUT2D eigenvalue weighted by atomic mass is 19.1. The number of fused-ring (bicyclic) bond motifs is 1. The van der Waals surface area contributed by atoms with Crippen molar-refractivity contribution in [3.8, 4) is 6.07 Å². The van der Waals surface area contributed by atoms with E-state index in [1.807, 2.05) is 6.07 Å². The fraction of sp³-hybridized carbons (Fsp3) is 0.0370. The fourth-order valence-corrected chi connectivity index (χ4v) is 3.64. The van der Waals surface area contributed by atoms with E-state index >= 15 is 0 Å². The minimum atomic E-state index is -1.14. The first-order chi connectivity index (χ1) is 17.3. The Morgan fingerprint density at radius 2 is 1.72 bits per heavy atom. The number of hydrogen-bond acceptors (Lipinski definition) is 4. The molecule has 0 saturated heterocycles. The SMILES string of the molecule is N#CC(=Cc1cn(CC(=O)Nc2ccc(F)cc2)c2ccccc12)C(=O)Nc1cccc(C(=O)O)c1. The van der Waals surface area contributed by atoms with Crippen LogP contribution in [0.15, 0.2) is 84.6 Å². The predicted octanol–water partition coefficient (Wildman–Crippen LogP) is 4.66. The first-order valence-electron chi connectivity index (χ1n) is 10.7. The molecule has 0 atom stereocenters. The highest BCUT2D eigenvalue weighted by molar-refractivity contribution is 6.11. The van der Waals surface area contributed by atoms with Crippen LogP contribution >= 0.6 is 0 Å². The van der Waals surface area contributed by atoms with Gasteiger partial charge in [0.1, 0.15) is 24.0 Å². The topological polar surface area (TPSA) is 124 Å². The van der Waals surface area contributed by atoms with Gasteiger partial charge in [0.15, 0.2) is 0 Å². The second kappa shape index (κ2) is 10.4. The average molecular weight is 482 g/mol. The number of benzene rings is 3. The molecule has 4 rings (SSSR count). The van der Waals surface area contributed by atoms with Crippen LogP contribution in [0.2, 0.25) is 0 Å². The van der Waals surface area contributed by atoms with Gasteiger partial charge in [0.2, 0.25) is 5.91 Å². The third-order valence-corrected chi connectivity index (χ3v) is 5.29. The molecule has 0 aliphatic heterocycles. The number of carboxylic acid groups (broad SMARTS) is 1. The Labute approximate surface area is 204 Å². The van der Waals surface area contributed by atoms with Crippen LogP contribution in [0, 0.1) is 17.1 Å². The number of aromatic carboxylic acids is 1. The minimum absolute atomic E-state index is 0.00253. The first kappa shape index (κ1) is 23.9.